The summed E-state index contributed by atoms with van der Waals surface area (Å²) in [5.41, 5.74) is -0.799. The van der Waals surface area contributed by atoms with Crippen LogP contribution >= 0.6 is 0 Å². The van der Waals surface area contributed by atoms with E-state index in [2.05, 4.69) is 11.0 Å². The van der Waals surface area contributed by atoms with Crippen molar-refractivity contribution in [1.29, 1.82) is 5.26 Å². The van der Waals surface area contributed by atoms with Gasteiger partial charge in [-0.25, -0.2) is 0 Å². The summed E-state index contributed by atoms with van der Waals surface area (Å²) in [7, 11) is 0. The van der Waals surface area contributed by atoms with E-state index in [1.165, 1.54) is 0 Å². The molecular weight excluding hydrogens is 228 g/mol. The van der Waals surface area contributed by atoms with Crippen molar-refractivity contribution in [3.8, 4) is 6.07 Å². The van der Waals surface area contributed by atoms with Gasteiger partial charge in [0.1, 0.15) is 0 Å². The third kappa shape index (κ3) is 3.99. The number of carboxylic acid groups (broad SMARTS) is 1. The summed E-state index contributed by atoms with van der Waals surface area (Å²) >= 11 is 0. The number of carboxylic acids is 1. The first kappa shape index (κ1) is 15.0. The molecule has 18 heavy (non-hydrogen) atoms. The van der Waals surface area contributed by atoms with E-state index in [0.717, 1.165) is 38.8 Å². The van der Waals surface area contributed by atoms with Gasteiger partial charge in [0, 0.05) is 6.54 Å². The van der Waals surface area contributed by atoms with E-state index >= 15 is 0 Å². The van der Waals surface area contributed by atoms with Crippen LogP contribution in [0.5, 0.6) is 0 Å². The van der Waals surface area contributed by atoms with E-state index < -0.39 is 11.4 Å². The maximum atomic E-state index is 11.1. The summed E-state index contributed by atoms with van der Waals surface area (Å²) in [5.74, 6) is -0.685. The van der Waals surface area contributed by atoms with Crippen LogP contribution in [0, 0.1) is 22.2 Å². The van der Waals surface area contributed by atoms with Crippen LogP contribution in [-0.2, 0) is 4.79 Å². The lowest BCUT2D eigenvalue weighted by Gasteiger charge is -2.20. The Morgan fingerprint density at radius 1 is 1.50 bits per heavy atom. The summed E-state index contributed by atoms with van der Waals surface area (Å²) in [4.78, 5) is 13.3. The standard InChI is InChI=1S/C14H24N2O2/c1-13(2,10-15)6-4-5-8-16-9-7-14(3,11-16)12(17)18/h4-9,11H2,1-3H3,(H,17,18). The fourth-order valence-electron chi connectivity index (χ4n) is 2.38. The van der Waals surface area contributed by atoms with Crippen LogP contribution in [0.3, 0.4) is 0 Å². The molecule has 0 aliphatic carbocycles. The first-order chi connectivity index (χ1) is 8.29. The molecule has 0 aromatic carbocycles. The van der Waals surface area contributed by atoms with Crippen molar-refractivity contribution in [2.75, 3.05) is 19.6 Å². The van der Waals surface area contributed by atoms with Gasteiger partial charge in [0.15, 0.2) is 0 Å². The molecule has 0 aromatic rings. The predicted octanol–water partition coefficient (Wildman–Crippen LogP) is 2.50. The van der Waals surface area contributed by atoms with Crippen molar-refractivity contribution in [2.45, 2.75) is 46.5 Å². The molecule has 1 atom stereocenters. The largest absolute Gasteiger partial charge is 0.481 e. The van der Waals surface area contributed by atoms with Crippen molar-refractivity contribution in [1.82, 2.24) is 4.90 Å². The van der Waals surface area contributed by atoms with Crippen molar-refractivity contribution in [3.63, 3.8) is 0 Å². The van der Waals surface area contributed by atoms with Gasteiger partial charge in [0.25, 0.3) is 0 Å². The molecule has 0 amide bonds. The molecule has 4 nitrogen and oxygen atoms in total. The highest BCUT2D eigenvalue weighted by molar-refractivity contribution is 5.74. The lowest BCUT2D eigenvalue weighted by Crippen LogP contribution is -2.32. The second kappa shape index (κ2) is 5.71. The van der Waals surface area contributed by atoms with Crippen molar-refractivity contribution in [3.05, 3.63) is 0 Å². The third-order valence-electron chi connectivity index (χ3n) is 3.90. The molecule has 1 N–H and O–H groups in total. The average Bonchev–Trinajstić information content (AvgIpc) is 2.68. The second-order valence-corrected chi connectivity index (χ2v) is 6.34. The van der Waals surface area contributed by atoms with Crippen LogP contribution in [-0.4, -0.2) is 35.6 Å². The molecule has 1 heterocycles. The number of nitrogens with zero attached hydrogens (tertiary/aromatic N) is 2. The Morgan fingerprint density at radius 2 is 2.17 bits per heavy atom. The lowest BCUT2D eigenvalue weighted by atomic mass is 9.89. The number of rotatable bonds is 6. The third-order valence-corrected chi connectivity index (χ3v) is 3.90. The number of nitriles is 1. The average molecular weight is 252 g/mol. The van der Waals surface area contributed by atoms with Gasteiger partial charge in [-0.1, -0.05) is 6.42 Å². The maximum Gasteiger partial charge on any atom is 0.310 e. The van der Waals surface area contributed by atoms with Crippen LogP contribution in [0.1, 0.15) is 46.5 Å². The monoisotopic (exact) mass is 252 g/mol. The fraction of sp³-hybridized carbons (Fsp3) is 0.857. The molecule has 1 saturated heterocycles. The lowest BCUT2D eigenvalue weighted by molar-refractivity contribution is -0.147. The van der Waals surface area contributed by atoms with Crippen molar-refractivity contribution in [2.24, 2.45) is 10.8 Å². The van der Waals surface area contributed by atoms with Crippen LogP contribution in [0.2, 0.25) is 0 Å². The minimum absolute atomic E-state index is 0.236. The molecule has 0 spiro atoms. The van der Waals surface area contributed by atoms with Gasteiger partial charge in [-0.3, -0.25) is 4.79 Å². The van der Waals surface area contributed by atoms with Crippen molar-refractivity contribution >= 4 is 5.97 Å². The summed E-state index contributed by atoms with van der Waals surface area (Å²) in [6.07, 6.45) is 3.72. The Balaban J connectivity index is 2.23. The smallest absolute Gasteiger partial charge is 0.310 e. The Labute approximate surface area is 110 Å². The highest BCUT2D eigenvalue weighted by Gasteiger charge is 2.39. The Bertz CT molecular complexity index is 346. The Kier molecular flexibility index (Phi) is 4.75. The molecule has 0 aromatic heterocycles. The van der Waals surface area contributed by atoms with Gasteiger partial charge in [0.2, 0.25) is 0 Å². The quantitative estimate of drug-likeness (QED) is 0.738. The van der Waals surface area contributed by atoms with E-state index in [-0.39, 0.29) is 5.41 Å². The fourth-order valence-corrected chi connectivity index (χ4v) is 2.38. The van der Waals surface area contributed by atoms with Crippen LogP contribution in [0.15, 0.2) is 0 Å². The minimum Gasteiger partial charge on any atom is -0.481 e. The highest BCUT2D eigenvalue weighted by atomic mass is 16.4. The number of hydrogen-bond donors (Lipinski definition) is 1. The van der Waals surface area contributed by atoms with Gasteiger partial charge in [-0.2, -0.15) is 5.26 Å². The summed E-state index contributed by atoms with van der Waals surface area (Å²) in [5, 5.41) is 18.0. The molecule has 0 bridgehead atoms. The van der Waals surface area contributed by atoms with Gasteiger partial charge in [-0.15, -0.1) is 0 Å². The number of unbranched alkanes of at least 4 members (excludes halogenated alkanes) is 1. The summed E-state index contributed by atoms with van der Waals surface area (Å²) in [6.45, 7) is 8.24. The van der Waals surface area contributed by atoms with Gasteiger partial charge in [-0.05, 0) is 53.1 Å². The Morgan fingerprint density at radius 3 is 2.67 bits per heavy atom. The van der Waals surface area contributed by atoms with Gasteiger partial charge in [0.05, 0.1) is 16.9 Å². The second-order valence-electron chi connectivity index (χ2n) is 6.34. The molecule has 1 aliphatic rings. The predicted molar refractivity (Wildman–Crippen MR) is 70.0 cm³/mol. The Hall–Kier alpha value is -1.08. The van der Waals surface area contributed by atoms with Crippen LogP contribution in [0.4, 0.5) is 0 Å². The SMILES string of the molecule is CC(C)(C#N)CCCCN1CCC(C)(C(=O)O)C1. The first-order valence-corrected chi connectivity index (χ1v) is 6.66. The molecule has 1 fully saturated rings. The van der Waals surface area contributed by atoms with E-state index in [0.29, 0.717) is 6.54 Å². The first-order valence-electron chi connectivity index (χ1n) is 6.66. The molecule has 1 unspecified atom stereocenters. The van der Waals surface area contributed by atoms with E-state index in [9.17, 15) is 4.79 Å². The summed E-state index contributed by atoms with van der Waals surface area (Å²) in [6, 6.07) is 2.31. The zero-order valence-electron chi connectivity index (χ0n) is 11.7. The molecule has 1 rings (SSSR count). The van der Waals surface area contributed by atoms with E-state index in [4.69, 9.17) is 10.4 Å². The van der Waals surface area contributed by atoms with Gasteiger partial charge < -0.3 is 10.0 Å². The number of hydrogen-bond acceptors (Lipinski definition) is 3. The minimum atomic E-state index is -0.685. The van der Waals surface area contributed by atoms with Gasteiger partial charge >= 0.3 is 5.97 Å². The number of likely N-dealkylation sites (tertiary alicyclic amines) is 1. The molecule has 0 saturated carbocycles. The van der Waals surface area contributed by atoms with E-state index in [1.54, 1.807) is 0 Å². The van der Waals surface area contributed by atoms with Crippen molar-refractivity contribution < 1.29 is 9.90 Å². The number of aliphatic carboxylic acids is 1. The maximum absolute atomic E-state index is 11.1. The van der Waals surface area contributed by atoms with Crippen LogP contribution in [0.25, 0.3) is 0 Å². The zero-order chi connectivity index (χ0) is 13.8. The summed E-state index contributed by atoms with van der Waals surface area (Å²) < 4.78 is 0. The molecule has 1 aliphatic heterocycles. The highest BCUT2D eigenvalue weighted by Crippen LogP contribution is 2.30. The molecule has 0 radical (unpaired) electrons. The molecule has 4 heteroatoms. The molecule has 102 valence electrons. The van der Waals surface area contributed by atoms with E-state index in [1.807, 2.05) is 20.8 Å². The number of carbonyl (C=O) groups is 1. The van der Waals surface area contributed by atoms with Crippen LogP contribution < -0.4 is 0 Å². The normalized spacial score (nSPS) is 25.0. The topological polar surface area (TPSA) is 64.3 Å². The molecular formula is C14H24N2O2. The zero-order valence-corrected chi connectivity index (χ0v) is 11.7.